The minimum Gasteiger partial charge on any atom is -0.496 e. The van der Waals surface area contributed by atoms with Gasteiger partial charge in [-0.25, -0.2) is 0 Å². The van der Waals surface area contributed by atoms with Crippen LogP contribution in [0.25, 0.3) is 0 Å². The normalized spacial score (nSPS) is 12.1. The van der Waals surface area contributed by atoms with Crippen LogP contribution < -0.4 is 4.74 Å². The largest absolute Gasteiger partial charge is 0.496 e. The summed E-state index contributed by atoms with van der Waals surface area (Å²) >= 11 is 0. The van der Waals surface area contributed by atoms with Crippen molar-refractivity contribution < 1.29 is 19.7 Å². The Morgan fingerprint density at radius 2 is 2.00 bits per heavy atom. The van der Waals surface area contributed by atoms with E-state index in [1.807, 2.05) is 13.8 Å². The third-order valence-electron chi connectivity index (χ3n) is 3.26. The number of carbonyl (C=O) groups excluding carboxylic acids is 1. The van der Waals surface area contributed by atoms with Crippen molar-refractivity contribution in [1.29, 1.82) is 0 Å². The van der Waals surface area contributed by atoms with Crippen LogP contribution in [0.15, 0.2) is 18.2 Å². The lowest BCUT2D eigenvalue weighted by atomic mass is 9.99. The van der Waals surface area contributed by atoms with E-state index in [1.54, 1.807) is 23.1 Å². The Kier molecular flexibility index (Phi) is 6.48. The van der Waals surface area contributed by atoms with Crippen LogP contribution in [0.3, 0.4) is 0 Å². The Morgan fingerprint density at radius 3 is 2.50 bits per heavy atom. The molecule has 2 N–H and O–H groups in total. The predicted octanol–water partition coefficient (Wildman–Crippen LogP) is 1.07. The van der Waals surface area contributed by atoms with Gasteiger partial charge in [0.15, 0.2) is 0 Å². The summed E-state index contributed by atoms with van der Waals surface area (Å²) in [5, 5.41) is 18.6. The van der Waals surface area contributed by atoms with Crippen molar-refractivity contribution in [2.24, 2.45) is 0 Å². The van der Waals surface area contributed by atoms with Gasteiger partial charge in [-0.15, -0.1) is 0 Å². The quantitative estimate of drug-likeness (QED) is 0.784. The Balaban J connectivity index is 3.22. The molecule has 0 aliphatic heterocycles. The fourth-order valence-electron chi connectivity index (χ4n) is 2.15. The molecule has 1 aromatic carbocycles. The van der Waals surface area contributed by atoms with E-state index in [-0.39, 0.29) is 18.9 Å². The molecule has 0 aromatic heterocycles. The monoisotopic (exact) mass is 281 g/mol. The van der Waals surface area contributed by atoms with E-state index in [1.165, 1.54) is 7.11 Å². The number of aliphatic hydroxyl groups is 2. The number of hydrogen-bond donors (Lipinski definition) is 2. The molecular weight excluding hydrogens is 258 g/mol. The summed E-state index contributed by atoms with van der Waals surface area (Å²) in [5.74, 6) is 0.372. The highest BCUT2D eigenvalue weighted by Crippen LogP contribution is 2.25. The summed E-state index contributed by atoms with van der Waals surface area (Å²) in [7, 11) is 1.51. The molecule has 0 aliphatic rings. The number of methoxy groups -OCH3 is 1. The van der Waals surface area contributed by atoms with Crippen LogP contribution in [0.5, 0.6) is 5.75 Å². The van der Waals surface area contributed by atoms with Crippen LogP contribution in [0, 0.1) is 0 Å². The van der Waals surface area contributed by atoms with Crippen LogP contribution in [0.1, 0.15) is 29.8 Å². The van der Waals surface area contributed by atoms with E-state index in [0.717, 1.165) is 0 Å². The third kappa shape index (κ3) is 3.71. The zero-order valence-electron chi connectivity index (χ0n) is 12.3. The number of ether oxygens (including phenoxy) is 1. The molecule has 5 heteroatoms. The average Bonchev–Trinajstić information content (AvgIpc) is 2.47. The molecule has 1 atom stereocenters. The van der Waals surface area contributed by atoms with Gasteiger partial charge >= 0.3 is 0 Å². The Bertz CT molecular complexity index is 443. The number of carbonyl (C=O) groups is 1. The summed E-state index contributed by atoms with van der Waals surface area (Å²) in [5.41, 5.74) is 1.15. The van der Waals surface area contributed by atoms with Gasteiger partial charge in [-0.3, -0.25) is 4.79 Å². The van der Waals surface area contributed by atoms with Gasteiger partial charge in [0.2, 0.25) is 0 Å². The predicted molar refractivity (Wildman–Crippen MR) is 77.0 cm³/mol. The lowest BCUT2D eigenvalue weighted by Gasteiger charge is -2.22. The summed E-state index contributed by atoms with van der Waals surface area (Å²) < 4.78 is 5.27. The lowest BCUT2D eigenvalue weighted by Crippen LogP contribution is -2.32. The summed E-state index contributed by atoms with van der Waals surface area (Å²) in [6.45, 7) is 4.71. The topological polar surface area (TPSA) is 70.0 Å². The summed E-state index contributed by atoms with van der Waals surface area (Å²) in [4.78, 5) is 14.3. The second-order valence-electron chi connectivity index (χ2n) is 4.51. The van der Waals surface area contributed by atoms with E-state index in [2.05, 4.69) is 0 Å². The Hall–Kier alpha value is -1.59. The standard InChI is InChI=1S/C15H23NO4/c1-4-16(5-2)15(19)14-11(9-12(18)10-17)7-6-8-13(14)20-3/h6-8,12,17-18H,4-5,9-10H2,1-3H3/t12-/m0/s1. The first kappa shape index (κ1) is 16.5. The van der Waals surface area contributed by atoms with Crippen molar-refractivity contribution in [3.63, 3.8) is 0 Å². The first-order valence-corrected chi connectivity index (χ1v) is 6.83. The van der Waals surface area contributed by atoms with Crippen molar-refractivity contribution in [3.8, 4) is 5.75 Å². The maximum absolute atomic E-state index is 12.6. The smallest absolute Gasteiger partial charge is 0.257 e. The molecule has 1 rings (SSSR count). The van der Waals surface area contributed by atoms with Gasteiger partial charge in [0.25, 0.3) is 5.91 Å². The number of rotatable bonds is 7. The van der Waals surface area contributed by atoms with Gasteiger partial charge in [-0.1, -0.05) is 12.1 Å². The second kappa shape index (κ2) is 7.87. The zero-order valence-corrected chi connectivity index (χ0v) is 12.3. The fraction of sp³-hybridized carbons (Fsp3) is 0.533. The molecule has 0 unspecified atom stereocenters. The molecule has 1 aromatic rings. The average molecular weight is 281 g/mol. The van der Waals surface area contributed by atoms with E-state index >= 15 is 0 Å². The molecular formula is C15H23NO4. The molecule has 0 fully saturated rings. The first-order valence-electron chi connectivity index (χ1n) is 6.83. The zero-order chi connectivity index (χ0) is 15.1. The highest BCUT2D eigenvalue weighted by Gasteiger charge is 2.22. The van der Waals surface area contributed by atoms with Crippen LogP contribution in [-0.4, -0.2) is 53.9 Å². The Labute approximate surface area is 119 Å². The summed E-state index contributed by atoms with van der Waals surface area (Å²) in [6, 6.07) is 5.28. The molecule has 1 amide bonds. The van der Waals surface area contributed by atoms with Crippen LogP contribution in [0.4, 0.5) is 0 Å². The SMILES string of the molecule is CCN(CC)C(=O)c1c(C[C@H](O)CO)cccc1OC. The molecule has 0 saturated carbocycles. The summed E-state index contributed by atoms with van der Waals surface area (Å²) in [6.07, 6.45) is -0.666. The maximum atomic E-state index is 12.6. The van der Waals surface area contributed by atoms with Crippen molar-refractivity contribution in [2.45, 2.75) is 26.4 Å². The molecule has 112 valence electrons. The molecule has 0 spiro atoms. The van der Waals surface area contributed by atoms with Gasteiger partial charge in [-0.05, 0) is 25.5 Å². The van der Waals surface area contributed by atoms with Crippen molar-refractivity contribution in [3.05, 3.63) is 29.3 Å². The van der Waals surface area contributed by atoms with Crippen molar-refractivity contribution >= 4 is 5.91 Å². The Morgan fingerprint density at radius 1 is 1.35 bits per heavy atom. The first-order chi connectivity index (χ1) is 9.58. The molecule has 0 aliphatic carbocycles. The molecule has 20 heavy (non-hydrogen) atoms. The lowest BCUT2D eigenvalue weighted by molar-refractivity contribution is 0.0762. The molecule has 0 saturated heterocycles. The van der Waals surface area contributed by atoms with Crippen LogP contribution in [0.2, 0.25) is 0 Å². The molecule has 5 nitrogen and oxygen atoms in total. The number of amides is 1. The van der Waals surface area contributed by atoms with E-state index in [0.29, 0.717) is 30.0 Å². The van der Waals surface area contributed by atoms with Crippen molar-refractivity contribution in [2.75, 3.05) is 26.8 Å². The van der Waals surface area contributed by atoms with Gasteiger partial charge in [0.1, 0.15) is 5.75 Å². The number of aliphatic hydroxyl groups excluding tert-OH is 2. The number of nitrogens with zero attached hydrogens (tertiary/aromatic N) is 1. The van der Waals surface area contributed by atoms with Crippen LogP contribution >= 0.6 is 0 Å². The van der Waals surface area contributed by atoms with Crippen LogP contribution in [-0.2, 0) is 6.42 Å². The van der Waals surface area contributed by atoms with Gasteiger partial charge in [0, 0.05) is 19.5 Å². The highest BCUT2D eigenvalue weighted by atomic mass is 16.5. The van der Waals surface area contributed by atoms with E-state index in [4.69, 9.17) is 9.84 Å². The fourth-order valence-corrected chi connectivity index (χ4v) is 2.15. The minimum absolute atomic E-state index is 0.118. The van der Waals surface area contributed by atoms with Gasteiger partial charge in [0.05, 0.1) is 25.4 Å². The molecule has 0 heterocycles. The number of hydrogen-bond acceptors (Lipinski definition) is 4. The highest BCUT2D eigenvalue weighted by molar-refractivity contribution is 5.98. The van der Waals surface area contributed by atoms with Gasteiger partial charge in [-0.2, -0.15) is 0 Å². The van der Waals surface area contributed by atoms with E-state index in [9.17, 15) is 9.90 Å². The molecule has 0 bridgehead atoms. The maximum Gasteiger partial charge on any atom is 0.257 e. The van der Waals surface area contributed by atoms with Gasteiger partial charge < -0.3 is 19.8 Å². The van der Waals surface area contributed by atoms with Crippen molar-refractivity contribution in [1.82, 2.24) is 4.90 Å². The third-order valence-corrected chi connectivity index (χ3v) is 3.26. The minimum atomic E-state index is -0.884. The number of benzene rings is 1. The van der Waals surface area contributed by atoms with E-state index < -0.39 is 6.10 Å². The molecule has 0 radical (unpaired) electrons. The second-order valence-corrected chi connectivity index (χ2v) is 4.51.